The number of rotatable bonds is 5. The lowest BCUT2D eigenvalue weighted by Gasteiger charge is -2.37. The van der Waals surface area contributed by atoms with E-state index in [1.54, 1.807) is 30.3 Å². The van der Waals surface area contributed by atoms with Crippen LogP contribution in [-0.2, 0) is 9.59 Å². The fourth-order valence-electron chi connectivity index (χ4n) is 4.09. The first-order valence-electron chi connectivity index (χ1n) is 10.3. The predicted molar refractivity (Wildman–Crippen MR) is 127 cm³/mol. The van der Waals surface area contributed by atoms with Crippen LogP contribution in [0.3, 0.4) is 0 Å². The molecule has 1 aliphatic rings. The number of halogens is 2. The Hall–Kier alpha value is -3.65. The number of fused-ring (bicyclic) bond motifs is 1. The minimum Gasteiger partial charge on any atom is -0.507 e. The molecule has 0 aliphatic carbocycles. The summed E-state index contributed by atoms with van der Waals surface area (Å²) < 4.78 is 14.5. The lowest BCUT2D eigenvalue weighted by atomic mass is 10.0. The standard InChI is InChI=1S/C24H22ClFN4O3/c1-3-22(33)29-7-9-30(10-8-29)24-16-11-17(25)15(23-18(26)5-4-6-21(23)32)12-19(16)27-13-20(24)28(2)14-31/h3-6,11-14,32H,1,7-10H2,2H3. The van der Waals surface area contributed by atoms with E-state index in [0.29, 0.717) is 54.7 Å². The number of aromatic hydroxyl groups is 1. The molecule has 9 heteroatoms. The van der Waals surface area contributed by atoms with Gasteiger partial charge >= 0.3 is 0 Å². The lowest BCUT2D eigenvalue weighted by Crippen LogP contribution is -2.48. The summed E-state index contributed by atoms with van der Waals surface area (Å²) in [6.45, 7) is 5.59. The highest BCUT2D eigenvalue weighted by molar-refractivity contribution is 6.34. The second-order valence-electron chi connectivity index (χ2n) is 7.71. The van der Waals surface area contributed by atoms with Crippen LogP contribution in [-0.4, -0.2) is 60.5 Å². The van der Waals surface area contributed by atoms with E-state index >= 15 is 0 Å². The van der Waals surface area contributed by atoms with Gasteiger partial charge in [0.2, 0.25) is 12.3 Å². The number of aromatic nitrogens is 1. The van der Waals surface area contributed by atoms with E-state index in [9.17, 15) is 19.1 Å². The molecular weight excluding hydrogens is 447 g/mol. The second kappa shape index (κ2) is 9.07. The van der Waals surface area contributed by atoms with Gasteiger partial charge < -0.3 is 19.8 Å². The van der Waals surface area contributed by atoms with Crippen LogP contribution in [0, 0.1) is 5.82 Å². The number of hydrogen-bond acceptors (Lipinski definition) is 5. The third-order valence-electron chi connectivity index (χ3n) is 5.79. The second-order valence-corrected chi connectivity index (χ2v) is 8.12. The topological polar surface area (TPSA) is 77.0 Å². The van der Waals surface area contributed by atoms with Gasteiger partial charge in [-0.2, -0.15) is 0 Å². The first kappa shape index (κ1) is 22.5. The summed E-state index contributed by atoms with van der Waals surface area (Å²) in [5.41, 5.74) is 2.17. The SMILES string of the molecule is C=CC(=O)N1CCN(c2c(N(C)C=O)cnc3cc(-c4c(O)cccc4F)c(Cl)cc23)CC1. The molecule has 0 saturated carbocycles. The quantitative estimate of drug-likeness (QED) is 0.455. The minimum absolute atomic E-state index is 0.00149. The summed E-state index contributed by atoms with van der Waals surface area (Å²) >= 11 is 6.57. The number of amides is 2. The first-order chi connectivity index (χ1) is 15.8. The van der Waals surface area contributed by atoms with Gasteiger partial charge in [-0.3, -0.25) is 14.6 Å². The summed E-state index contributed by atoms with van der Waals surface area (Å²) in [6, 6.07) is 7.35. The van der Waals surface area contributed by atoms with E-state index in [4.69, 9.17) is 11.6 Å². The first-order valence-corrected chi connectivity index (χ1v) is 10.7. The largest absolute Gasteiger partial charge is 0.507 e. The van der Waals surface area contributed by atoms with Gasteiger partial charge in [-0.1, -0.05) is 24.2 Å². The third-order valence-corrected chi connectivity index (χ3v) is 6.10. The van der Waals surface area contributed by atoms with Crippen molar-refractivity contribution in [1.29, 1.82) is 0 Å². The molecule has 0 bridgehead atoms. The van der Waals surface area contributed by atoms with Crippen molar-refractivity contribution in [2.75, 3.05) is 43.0 Å². The molecule has 1 aliphatic heterocycles. The molecule has 1 saturated heterocycles. The summed E-state index contributed by atoms with van der Waals surface area (Å²) in [7, 11) is 1.63. The van der Waals surface area contributed by atoms with Crippen LogP contribution in [0.5, 0.6) is 5.75 Å². The van der Waals surface area contributed by atoms with E-state index < -0.39 is 5.82 Å². The Bertz CT molecular complexity index is 1240. The summed E-state index contributed by atoms with van der Waals surface area (Å²) in [4.78, 5) is 33.2. The maximum atomic E-state index is 14.5. The summed E-state index contributed by atoms with van der Waals surface area (Å²) in [5.74, 6) is -0.953. The maximum absolute atomic E-state index is 14.5. The molecule has 0 atom stereocenters. The van der Waals surface area contributed by atoms with E-state index in [0.717, 1.165) is 5.69 Å². The van der Waals surface area contributed by atoms with E-state index in [1.165, 1.54) is 29.2 Å². The Morgan fingerprint density at radius 1 is 1.27 bits per heavy atom. The van der Waals surface area contributed by atoms with Crippen LogP contribution in [0.2, 0.25) is 5.02 Å². The summed E-state index contributed by atoms with van der Waals surface area (Å²) in [5, 5.41) is 11.1. The van der Waals surface area contributed by atoms with Crippen LogP contribution in [0.15, 0.2) is 49.2 Å². The van der Waals surface area contributed by atoms with Gasteiger partial charge in [0.15, 0.2) is 0 Å². The Labute approximate surface area is 195 Å². The van der Waals surface area contributed by atoms with Crippen molar-refractivity contribution in [3.05, 3.63) is 60.0 Å². The molecule has 3 aromatic rings. The van der Waals surface area contributed by atoms with Gasteiger partial charge in [0.05, 0.1) is 28.7 Å². The molecule has 33 heavy (non-hydrogen) atoms. The predicted octanol–water partition coefficient (Wildman–Crippen LogP) is 3.83. The smallest absolute Gasteiger partial charge is 0.246 e. The Morgan fingerprint density at radius 3 is 2.64 bits per heavy atom. The van der Waals surface area contributed by atoms with Gasteiger partial charge in [0.25, 0.3) is 0 Å². The molecular formula is C24H22ClFN4O3. The van der Waals surface area contributed by atoms with Crippen molar-refractivity contribution in [2.24, 2.45) is 0 Å². The van der Waals surface area contributed by atoms with Crippen LogP contribution < -0.4 is 9.80 Å². The van der Waals surface area contributed by atoms with Gasteiger partial charge in [0.1, 0.15) is 11.6 Å². The molecule has 2 amide bonds. The lowest BCUT2D eigenvalue weighted by molar-refractivity contribution is -0.126. The number of pyridine rings is 1. The van der Waals surface area contributed by atoms with Crippen molar-refractivity contribution in [3.63, 3.8) is 0 Å². The molecule has 0 unspecified atom stereocenters. The molecule has 2 heterocycles. The van der Waals surface area contributed by atoms with E-state index in [-0.39, 0.29) is 22.2 Å². The number of phenolic OH excluding ortho intramolecular Hbond substituents is 1. The van der Waals surface area contributed by atoms with Gasteiger partial charge in [0, 0.05) is 49.2 Å². The number of phenols is 1. The van der Waals surface area contributed by atoms with Crippen LogP contribution in [0.25, 0.3) is 22.0 Å². The van der Waals surface area contributed by atoms with E-state index in [1.807, 2.05) is 0 Å². The normalized spacial score (nSPS) is 13.8. The molecule has 4 rings (SSSR count). The molecule has 1 fully saturated rings. The summed E-state index contributed by atoms with van der Waals surface area (Å²) in [6.07, 6.45) is 3.56. The maximum Gasteiger partial charge on any atom is 0.246 e. The zero-order valence-electron chi connectivity index (χ0n) is 18.0. The highest BCUT2D eigenvalue weighted by Gasteiger charge is 2.25. The van der Waals surface area contributed by atoms with Crippen LogP contribution in [0.1, 0.15) is 0 Å². The number of piperazine rings is 1. The van der Waals surface area contributed by atoms with Gasteiger partial charge in [-0.15, -0.1) is 0 Å². The average molecular weight is 469 g/mol. The molecule has 1 N–H and O–H groups in total. The molecule has 1 aromatic heterocycles. The molecule has 0 radical (unpaired) electrons. The number of anilines is 2. The zero-order chi connectivity index (χ0) is 23.7. The average Bonchev–Trinajstić information content (AvgIpc) is 2.82. The van der Waals surface area contributed by atoms with Crippen molar-refractivity contribution in [2.45, 2.75) is 0 Å². The number of carbonyl (C=O) groups excluding carboxylic acids is 2. The number of hydrogen-bond donors (Lipinski definition) is 1. The number of nitrogens with zero attached hydrogens (tertiary/aromatic N) is 4. The Balaban J connectivity index is 1.86. The van der Waals surface area contributed by atoms with Crippen molar-refractivity contribution in [1.82, 2.24) is 9.88 Å². The Morgan fingerprint density at radius 2 is 2.00 bits per heavy atom. The minimum atomic E-state index is -0.600. The monoisotopic (exact) mass is 468 g/mol. The van der Waals surface area contributed by atoms with Gasteiger partial charge in [-0.25, -0.2) is 4.39 Å². The Kier molecular flexibility index (Phi) is 6.20. The van der Waals surface area contributed by atoms with Crippen LogP contribution in [0.4, 0.5) is 15.8 Å². The zero-order valence-corrected chi connectivity index (χ0v) is 18.7. The van der Waals surface area contributed by atoms with E-state index in [2.05, 4.69) is 16.5 Å². The third kappa shape index (κ3) is 4.09. The van der Waals surface area contributed by atoms with Gasteiger partial charge in [-0.05, 0) is 30.3 Å². The molecule has 2 aromatic carbocycles. The fourth-order valence-corrected chi connectivity index (χ4v) is 4.34. The van der Waals surface area contributed by atoms with Crippen molar-refractivity contribution < 1.29 is 19.1 Å². The van der Waals surface area contributed by atoms with Crippen LogP contribution >= 0.6 is 11.6 Å². The molecule has 0 spiro atoms. The fraction of sp³-hybridized carbons (Fsp3) is 0.208. The number of benzene rings is 2. The van der Waals surface area contributed by atoms with Crippen molar-refractivity contribution >= 4 is 46.2 Å². The molecule has 7 nitrogen and oxygen atoms in total. The number of carbonyl (C=O) groups is 2. The molecule has 170 valence electrons. The van der Waals surface area contributed by atoms with Crippen molar-refractivity contribution in [3.8, 4) is 16.9 Å². The highest BCUT2D eigenvalue weighted by atomic mass is 35.5. The highest BCUT2D eigenvalue weighted by Crippen LogP contribution is 2.42.